The third-order valence-electron chi connectivity index (χ3n) is 20.8. The Morgan fingerprint density at radius 3 is 0.424 bits per heavy atom. The topological polar surface area (TPSA) is 86.8 Å². The van der Waals surface area contributed by atoms with E-state index >= 15 is 0 Å². The van der Waals surface area contributed by atoms with Crippen LogP contribution in [0.2, 0.25) is 0 Å². The normalized spacial score (nSPS) is 11.3. The molecule has 0 saturated heterocycles. The summed E-state index contributed by atoms with van der Waals surface area (Å²) < 4.78 is 44.4. The summed E-state index contributed by atoms with van der Waals surface area (Å²) >= 11 is 0. The van der Waals surface area contributed by atoms with E-state index in [1.807, 2.05) is 97.1 Å². The summed E-state index contributed by atoms with van der Waals surface area (Å²) in [6.07, 6.45) is 17.6. The molecule has 0 aliphatic rings. The van der Waals surface area contributed by atoms with Crippen LogP contribution in [0, 0.1) is 0 Å². The molecule has 0 N–H and O–H groups in total. The average molecular weight is 1550 g/mol. The van der Waals surface area contributed by atoms with E-state index in [9.17, 15) is 0 Å². The Morgan fingerprint density at radius 2 is 0.280 bits per heavy atom. The zero-order chi connectivity index (χ0) is 81.1. The summed E-state index contributed by atoms with van der Waals surface area (Å²) in [6, 6.07) is 122. The molecule has 582 valence electrons. The molecule has 0 aromatic heterocycles. The van der Waals surface area contributed by atoms with Crippen molar-refractivity contribution in [2.45, 2.75) is 0 Å². The van der Waals surface area contributed by atoms with Crippen LogP contribution < -0.4 is 57.5 Å². The van der Waals surface area contributed by atoms with Crippen molar-refractivity contribution in [3.63, 3.8) is 0 Å². The lowest BCUT2D eigenvalue weighted by Crippen LogP contribution is -2.09. The summed E-state index contributed by atoms with van der Waals surface area (Å²) in [7, 11) is 13.5. The lowest BCUT2D eigenvalue weighted by atomic mass is 9.89. The SMILES string of the molecule is COc1ccc(N(c2ccc(/C=C/c3ccc(-c4cc(/C=C/c5ccc(N(c6ccc(OC)cc6)c6ccc(OC)cc6)cc5)c(-c5ccc(/C=C/c6ccc(N(c7ccc(OC)cc7)c7ccc(OC)cc7)cc6)cc5)cc4/C=C/c4ccc(N(c5ccc(OC)cc5)c5ccc(OC)cc5)cc4)cc3)cc2)c2ccc(OC)cc2)cc1. The first-order valence-electron chi connectivity index (χ1n) is 38.9. The Morgan fingerprint density at radius 1 is 0.153 bits per heavy atom. The number of methoxy groups -OCH3 is 8. The molecule has 118 heavy (non-hydrogen) atoms. The van der Waals surface area contributed by atoms with Crippen molar-refractivity contribution >= 4 is 117 Å². The van der Waals surface area contributed by atoms with Crippen LogP contribution in [-0.4, -0.2) is 56.9 Å². The first kappa shape index (κ1) is 78.1. The van der Waals surface area contributed by atoms with Crippen LogP contribution in [0.25, 0.3) is 70.9 Å². The van der Waals surface area contributed by atoms with Gasteiger partial charge < -0.3 is 57.5 Å². The molecule has 0 radical (unpaired) electrons. The standard InChI is InChI=1S/C106H90N4O8/c1-111-97-57-41-89(42-58-97)107(90-43-59-98(112-2)60-44-90)85-33-19-77(20-34-85)11-9-75-13-27-81(28-14-75)105-73-84(32-18-80-25-39-88(40-26-80)110(95-53-69-103(117-7)70-54-95)96-55-71-104(118-8)72-56-96)106(74-83(105)31-17-79-23-37-87(38-24-79)109(93-49-65-101(115-5)66-50-93)94-51-67-102(116-6)68-52-94)82-29-15-76(16-30-82)10-12-78-21-35-86(36-22-78)108(91-45-61-99(113-3)62-46-91)92-47-63-100(114-4)64-48-92/h9-74H,1-8H3/b11-9+,12-10+,31-17+,32-18+. The maximum absolute atomic E-state index is 5.58. The summed E-state index contributed by atoms with van der Waals surface area (Å²) in [5.74, 6) is 6.30. The van der Waals surface area contributed by atoms with Gasteiger partial charge in [0.2, 0.25) is 0 Å². The molecule has 0 saturated carbocycles. The molecule has 0 unspecified atom stereocenters. The van der Waals surface area contributed by atoms with Crippen molar-refractivity contribution in [3.8, 4) is 68.2 Å². The monoisotopic (exact) mass is 1550 g/mol. The van der Waals surface area contributed by atoms with Gasteiger partial charge in [0.05, 0.1) is 56.9 Å². The Bertz CT molecular complexity index is 5360. The average Bonchev–Trinajstić information content (AvgIpc) is 0.789. The Kier molecular flexibility index (Phi) is 24.6. The minimum absolute atomic E-state index is 0.783. The summed E-state index contributed by atoms with van der Waals surface area (Å²) in [5.41, 5.74) is 24.6. The molecular formula is C106H90N4O8. The number of ether oxygens (including phenoxy) is 8. The third kappa shape index (κ3) is 18.5. The molecule has 0 aliphatic heterocycles. The van der Waals surface area contributed by atoms with Crippen LogP contribution in [0.5, 0.6) is 46.0 Å². The smallest absolute Gasteiger partial charge is 0.119 e. The van der Waals surface area contributed by atoms with Gasteiger partial charge in [0.1, 0.15) is 46.0 Å². The van der Waals surface area contributed by atoms with Crippen LogP contribution in [0.4, 0.5) is 68.2 Å². The van der Waals surface area contributed by atoms with Crippen LogP contribution in [0.3, 0.4) is 0 Å². The number of hydrogen-bond donors (Lipinski definition) is 0. The first-order valence-corrected chi connectivity index (χ1v) is 38.9. The van der Waals surface area contributed by atoms with E-state index in [4.69, 9.17) is 37.9 Å². The largest absolute Gasteiger partial charge is 0.497 e. The highest BCUT2D eigenvalue weighted by Gasteiger charge is 2.20. The van der Waals surface area contributed by atoms with Crippen molar-refractivity contribution in [1.29, 1.82) is 0 Å². The van der Waals surface area contributed by atoms with Gasteiger partial charge in [-0.1, -0.05) is 146 Å². The molecule has 0 amide bonds. The van der Waals surface area contributed by atoms with Gasteiger partial charge in [-0.3, -0.25) is 0 Å². The fourth-order valence-corrected chi connectivity index (χ4v) is 14.3. The summed E-state index contributed by atoms with van der Waals surface area (Å²) in [4.78, 5) is 8.91. The fraction of sp³-hybridized carbons (Fsp3) is 0.0755. The summed E-state index contributed by atoms with van der Waals surface area (Å²) in [6.45, 7) is 0. The molecule has 12 nitrogen and oxygen atoms in total. The zero-order valence-corrected chi connectivity index (χ0v) is 67.2. The van der Waals surface area contributed by atoms with E-state index < -0.39 is 0 Å². The van der Waals surface area contributed by atoms with Crippen molar-refractivity contribution in [3.05, 3.63) is 396 Å². The van der Waals surface area contributed by atoms with Crippen LogP contribution in [0.1, 0.15) is 44.5 Å². The van der Waals surface area contributed by atoms with Gasteiger partial charge in [-0.25, -0.2) is 0 Å². The van der Waals surface area contributed by atoms with Gasteiger partial charge in [-0.15, -0.1) is 0 Å². The Labute approximate surface area is 691 Å². The van der Waals surface area contributed by atoms with Crippen molar-refractivity contribution < 1.29 is 37.9 Å². The van der Waals surface area contributed by atoms with Gasteiger partial charge in [-0.05, 0) is 322 Å². The van der Waals surface area contributed by atoms with Crippen molar-refractivity contribution in [2.75, 3.05) is 76.5 Å². The van der Waals surface area contributed by atoms with Gasteiger partial charge in [-0.2, -0.15) is 0 Å². The predicted octanol–water partition coefficient (Wildman–Crippen LogP) is 27.7. The first-order chi connectivity index (χ1) is 58.0. The van der Waals surface area contributed by atoms with E-state index in [0.29, 0.717) is 0 Å². The second-order valence-corrected chi connectivity index (χ2v) is 27.9. The number of hydrogen-bond acceptors (Lipinski definition) is 12. The quantitative estimate of drug-likeness (QED) is 0.0402. The molecule has 0 bridgehead atoms. The fourth-order valence-electron chi connectivity index (χ4n) is 14.3. The molecule has 12 heteroatoms. The van der Waals surface area contributed by atoms with Gasteiger partial charge in [0.15, 0.2) is 0 Å². The summed E-state index contributed by atoms with van der Waals surface area (Å²) in [5, 5.41) is 0. The maximum atomic E-state index is 5.58. The molecule has 15 aromatic rings. The second-order valence-electron chi connectivity index (χ2n) is 27.9. The number of anilines is 12. The minimum Gasteiger partial charge on any atom is -0.497 e. The molecule has 0 atom stereocenters. The van der Waals surface area contributed by atoms with Gasteiger partial charge in [0, 0.05) is 68.2 Å². The van der Waals surface area contributed by atoms with Crippen LogP contribution >= 0.6 is 0 Å². The van der Waals surface area contributed by atoms with Gasteiger partial charge >= 0.3 is 0 Å². The molecule has 0 fully saturated rings. The Balaban J connectivity index is 0.794. The highest BCUT2D eigenvalue weighted by Crippen LogP contribution is 2.43. The Hall–Kier alpha value is -15.1. The lowest BCUT2D eigenvalue weighted by molar-refractivity contribution is 0.414. The van der Waals surface area contributed by atoms with E-state index in [0.717, 1.165) is 181 Å². The third-order valence-corrected chi connectivity index (χ3v) is 20.8. The lowest BCUT2D eigenvalue weighted by Gasteiger charge is -2.26. The number of rotatable bonds is 30. The molecule has 15 aromatic carbocycles. The highest BCUT2D eigenvalue weighted by atomic mass is 16.5. The van der Waals surface area contributed by atoms with Crippen LogP contribution in [0.15, 0.2) is 352 Å². The molecule has 0 heterocycles. The molecule has 0 aliphatic carbocycles. The van der Waals surface area contributed by atoms with E-state index in [-0.39, 0.29) is 0 Å². The van der Waals surface area contributed by atoms with E-state index in [2.05, 4.69) is 323 Å². The predicted molar refractivity (Wildman–Crippen MR) is 490 cm³/mol. The molecule has 0 spiro atoms. The highest BCUT2D eigenvalue weighted by molar-refractivity contribution is 5.92. The molecule has 15 rings (SSSR count). The zero-order valence-electron chi connectivity index (χ0n) is 67.2. The molecular weight excluding hydrogens is 1460 g/mol. The van der Waals surface area contributed by atoms with Crippen molar-refractivity contribution in [1.82, 2.24) is 0 Å². The van der Waals surface area contributed by atoms with E-state index in [1.54, 1.807) is 56.9 Å². The van der Waals surface area contributed by atoms with Gasteiger partial charge in [0.25, 0.3) is 0 Å². The maximum Gasteiger partial charge on any atom is 0.119 e. The minimum atomic E-state index is 0.783. The van der Waals surface area contributed by atoms with Crippen LogP contribution in [-0.2, 0) is 0 Å². The van der Waals surface area contributed by atoms with E-state index in [1.165, 1.54) is 0 Å². The number of benzene rings is 15. The second kappa shape index (κ2) is 37.2. The number of nitrogens with zero attached hydrogens (tertiary/aromatic N) is 4. The van der Waals surface area contributed by atoms with Crippen molar-refractivity contribution in [2.24, 2.45) is 0 Å².